The minimum atomic E-state index is -1.45. The Hall–Kier alpha value is -0.590. The van der Waals surface area contributed by atoms with Crippen LogP contribution in [0.15, 0.2) is 24.8 Å². The Kier molecular flexibility index (Phi) is 7.98. The zero-order valence-corrected chi connectivity index (χ0v) is 17.7. The molecule has 1 aliphatic rings. The number of hydrogen-bond donors (Lipinski definition) is 2. The maximum Gasteiger partial charge on any atom is 0.124 e. The molecule has 7 heteroatoms. The quantitative estimate of drug-likeness (QED) is 0.613. The number of nitrogens with one attached hydrogen (secondary N) is 1. The fourth-order valence-corrected chi connectivity index (χ4v) is 4.34. The largest absolute Gasteiger partial charge is 0.489 e. The summed E-state index contributed by atoms with van der Waals surface area (Å²) in [6.07, 6.45) is 4.37. The van der Waals surface area contributed by atoms with Crippen molar-refractivity contribution in [3.05, 3.63) is 40.4 Å². The molecular weight excluding hydrogens is 391 g/mol. The van der Waals surface area contributed by atoms with Crippen LogP contribution in [0.3, 0.4) is 0 Å². The van der Waals surface area contributed by atoms with Gasteiger partial charge in [-0.2, -0.15) is 0 Å². The first-order valence-electron chi connectivity index (χ1n) is 8.86. The number of piperidine rings is 1. The lowest BCUT2D eigenvalue weighted by Gasteiger charge is -2.36. The molecule has 0 bridgehead atoms. The Labute approximate surface area is 169 Å². The van der Waals surface area contributed by atoms with Crippen molar-refractivity contribution in [2.75, 3.05) is 19.7 Å². The fourth-order valence-electron chi connectivity index (χ4n) is 3.53. The molecule has 4 nitrogen and oxygen atoms in total. The van der Waals surface area contributed by atoms with Gasteiger partial charge >= 0.3 is 0 Å². The van der Waals surface area contributed by atoms with Gasteiger partial charge in [-0.15, -0.1) is 0 Å². The molecule has 1 saturated heterocycles. The van der Waals surface area contributed by atoms with Gasteiger partial charge in [0.25, 0.3) is 0 Å². The predicted molar refractivity (Wildman–Crippen MR) is 112 cm³/mol. The summed E-state index contributed by atoms with van der Waals surface area (Å²) in [5.41, 5.74) is 0.895. The molecule has 0 aromatic heterocycles. The molecule has 0 radical (unpaired) electrons. The van der Waals surface area contributed by atoms with E-state index >= 15 is 0 Å². The monoisotopic (exact) mass is 418 g/mol. The van der Waals surface area contributed by atoms with Gasteiger partial charge in [-0.25, -0.2) is 4.21 Å². The number of rotatable bonds is 8. The van der Waals surface area contributed by atoms with Crippen molar-refractivity contribution in [1.82, 2.24) is 5.32 Å². The number of nitrogens with two attached hydrogens (primary N) is 1. The van der Waals surface area contributed by atoms with E-state index in [2.05, 4.69) is 11.9 Å². The van der Waals surface area contributed by atoms with E-state index in [9.17, 15) is 4.21 Å². The van der Waals surface area contributed by atoms with Gasteiger partial charge in [0, 0.05) is 5.56 Å². The zero-order valence-electron chi connectivity index (χ0n) is 15.4. The lowest BCUT2D eigenvalue weighted by atomic mass is 9.75. The van der Waals surface area contributed by atoms with Crippen LogP contribution in [0.2, 0.25) is 10.0 Å². The highest BCUT2D eigenvalue weighted by Crippen LogP contribution is 2.47. The molecule has 0 amide bonds. The maximum atomic E-state index is 12.1. The molecule has 0 saturated carbocycles. The van der Waals surface area contributed by atoms with Crippen LogP contribution in [-0.2, 0) is 11.0 Å². The molecule has 0 aliphatic carbocycles. The lowest BCUT2D eigenvalue weighted by molar-refractivity contribution is 0.283. The van der Waals surface area contributed by atoms with Gasteiger partial charge < -0.3 is 10.1 Å². The second-order valence-electron chi connectivity index (χ2n) is 7.33. The van der Waals surface area contributed by atoms with Gasteiger partial charge in [0.15, 0.2) is 0 Å². The highest BCUT2D eigenvalue weighted by atomic mass is 35.5. The maximum absolute atomic E-state index is 12.1. The van der Waals surface area contributed by atoms with Crippen LogP contribution < -0.4 is 15.2 Å². The Morgan fingerprint density at radius 1 is 1.42 bits per heavy atom. The lowest BCUT2D eigenvalue weighted by Crippen LogP contribution is -2.38. The molecular formula is C19H28Cl2N2O2S. The molecule has 1 aromatic carbocycles. The summed E-state index contributed by atoms with van der Waals surface area (Å²) in [5, 5.41) is 10.2. The third-order valence-electron chi connectivity index (χ3n) is 5.03. The molecule has 1 fully saturated rings. The molecule has 1 aromatic rings. The molecule has 146 valence electrons. The third-order valence-corrected chi connectivity index (χ3v) is 7.10. The van der Waals surface area contributed by atoms with Gasteiger partial charge in [-0.3, -0.25) is 5.14 Å². The van der Waals surface area contributed by atoms with E-state index in [0.29, 0.717) is 34.7 Å². The van der Waals surface area contributed by atoms with Crippen LogP contribution in [0.4, 0.5) is 0 Å². The second-order valence-corrected chi connectivity index (χ2v) is 9.81. The number of hydrogen-bond acceptors (Lipinski definition) is 3. The zero-order chi connectivity index (χ0) is 19.3. The topological polar surface area (TPSA) is 64.3 Å². The van der Waals surface area contributed by atoms with Crippen LogP contribution in [0, 0.1) is 5.92 Å². The summed E-state index contributed by atoms with van der Waals surface area (Å²) in [6.45, 7) is 9.87. The second kappa shape index (κ2) is 9.56. The van der Waals surface area contributed by atoms with Crippen LogP contribution >= 0.6 is 23.2 Å². The van der Waals surface area contributed by atoms with Gasteiger partial charge in [-0.05, 0) is 70.2 Å². The molecule has 1 aliphatic heterocycles. The van der Waals surface area contributed by atoms with E-state index in [0.717, 1.165) is 31.5 Å². The molecule has 2 atom stereocenters. The molecule has 26 heavy (non-hydrogen) atoms. The Balaban J connectivity index is 2.51. The highest BCUT2D eigenvalue weighted by molar-refractivity contribution is 7.84. The first kappa shape index (κ1) is 21.7. The van der Waals surface area contributed by atoms with Gasteiger partial charge in [0.05, 0.1) is 25.8 Å². The van der Waals surface area contributed by atoms with Crippen molar-refractivity contribution < 1.29 is 8.95 Å². The average Bonchev–Trinajstić information content (AvgIpc) is 2.61. The number of benzene rings is 1. The molecule has 1 unspecified atom stereocenters. The first-order valence-corrected chi connectivity index (χ1v) is 10.8. The smallest absolute Gasteiger partial charge is 0.124 e. The molecule has 3 N–H and O–H groups in total. The van der Waals surface area contributed by atoms with Gasteiger partial charge in [0.2, 0.25) is 0 Å². The van der Waals surface area contributed by atoms with Crippen LogP contribution in [0.5, 0.6) is 5.75 Å². The van der Waals surface area contributed by atoms with Gasteiger partial charge in [0.1, 0.15) is 12.4 Å². The van der Waals surface area contributed by atoms with Crippen LogP contribution in [-0.4, -0.2) is 28.7 Å². The standard InChI is InChI=1S/C19H28Cl2N2O2S/c1-4-11-25-16-6-5-15(20)18(21)17(16)14(12-19(2,3)26(22)24)13-7-9-23-10-8-13/h4-6,13-14,23H,1,7-12,22H2,2-3H3/t14-,26?/m1/s1. The van der Waals surface area contributed by atoms with E-state index in [-0.39, 0.29) is 5.92 Å². The molecule has 1 heterocycles. The van der Waals surface area contributed by atoms with E-state index < -0.39 is 15.7 Å². The average molecular weight is 419 g/mol. The summed E-state index contributed by atoms with van der Waals surface area (Å²) >= 11 is 13.0. The van der Waals surface area contributed by atoms with Crippen molar-refractivity contribution in [3.63, 3.8) is 0 Å². The number of halogens is 2. The van der Waals surface area contributed by atoms with Crippen molar-refractivity contribution in [3.8, 4) is 5.75 Å². The highest BCUT2D eigenvalue weighted by Gasteiger charge is 2.36. The minimum absolute atomic E-state index is 0.0608. The summed E-state index contributed by atoms with van der Waals surface area (Å²) < 4.78 is 17.4. The van der Waals surface area contributed by atoms with Crippen molar-refractivity contribution in [1.29, 1.82) is 0 Å². The van der Waals surface area contributed by atoms with Crippen molar-refractivity contribution in [2.45, 2.75) is 43.8 Å². The SMILES string of the molecule is C=CCOc1ccc(Cl)c(Cl)c1[C@H](CC(C)(C)S(N)=O)C1CCNCC1. The predicted octanol–water partition coefficient (Wildman–Crippen LogP) is 4.43. The molecule has 0 spiro atoms. The summed E-state index contributed by atoms with van der Waals surface area (Å²) in [5.74, 6) is 1.16. The summed E-state index contributed by atoms with van der Waals surface area (Å²) in [4.78, 5) is 0. The van der Waals surface area contributed by atoms with E-state index in [4.69, 9.17) is 33.1 Å². The Morgan fingerprint density at radius 2 is 2.08 bits per heavy atom. The summed E-state index contributed by atoms with van der Waals surface area (Å²) in [6, 6.07) is 3.60. The molecule has 2 rings (SSSR count). The van der Waals surface area contributed by atoms with E-state index in [1.54, 1.807) is 12.1 Å². The van der Waals surface area contributed by atoms with Gasteiger partial charge in [-0.1, -0.05) is 35.9 Å². The van der Waals surface area contributed by atoms with Crippen LogP contribution in [0.1, 0.15) is 44.6 Å². The van der Waals surface area contributed by atoms with Crippen molar-refractivity contribution >= 4 is 34.2 Å². The normalized spacial score (nSPS) is 18.3. The number of ether oxygens (including phenoxy) is 1. The fraction of sp³-hybridized carbons (Fsp3) is 0.579. The van der Waals surface area contributed by atoms with Crippen molar-refractivity contribution in [2.24, 2.45) is 11.1 Å². The van der Waals surface area contributed by atoms with Crippen LogP contribution in [0.25, 0.3) is 0 Å². The Bertz CT molecular complexity index is 661. The first-order chi connectivity index (χ1) is 12.3. The van der Waals surface area contributed by atoms with E-state index in [1.165, 1.54) is 0 Å². The van der Waals surface area contributed by atoms with E-state index in [1.807, 2.05) is 19.9 Å². The Morgan fingerprint density at radius 3 is 2.65 bits per heavy atom. The minimum Gasteiger partial charge on any atom is -0.489 e. The summed E-state index contributed by atoms with van der Waals surface area (Å²) in [7, 11) is -1.45. The third kappa shape index (κ3) is 5.23.